The lowest BCUT2D eigenvalue weighted by Gasteiger charge is -2.09. The SMILES string of the molecule is Nc1ccc(S(=O)(=O)NCc2ccc(Oc3ccccc3)cc2)cc1. The minimum Gasteiger partial charge on any atom is -0.457 e. The first-order valence-electron chi connectivity index (χ1n) is 7.70. The molecule has 0 fully saturated rings. The van der Waals surface area contributed by atoms with Gasteiger partial charge in [0.2, 0.25) is 10.0 Å². The van der Waals surface area contributed by atoms with E-state index in [2.05, 4.69) is 4.72 Å². The third-order valence-corrected chi connectivity index (χ3v) is 4.98. The Hall–Kier alpha value is -2.83. The van der Waals surface area contributed by atoms with E-state index in [1.54, 1.807) is 24.3 Å². The summed E-state index contributed by atoms with van der Waals surface area (Å²) in [6.45, 7) is 0.193. The monoisotopic (exact) mass is 354 g/mol. The molecule has 0 saturated heterocycles. The highest BCUT2D eigenvalue weighted by molar-refractivity contribution is 7.89. The topological polar surface area (TPSA) is 81.4 Å². The highest BCUT2D eigenvalue weighted by Gasteiger charge is 2.13. The van der Waals surface area contributed by atoms with Crippen molar-refractivity contribution in [1.82, 2.24) is 4.72 Å². The predicted molar refractivity (Wildman–Crippen MR) is 97.8 cm³/mol. The number of rotatable bonds is 6. The molecular weight excluding hydrogens is 336 g/mol. The first kappa shape index (κ1) is 17.0. The Morgan fingerprint density at radius 1 is 0.800 bits per heavy atom. The Labute approximate surface area is 147 Å². The molecule has 0 spiro atoms. The quantitative estimate of drug-likeness (QED) is 0.664. The first-order chi connectivity index (χ1) is 12.0. The fourth-order valence-electron chi connectivity index (χ4n) is 2.21. The second-order valence-electron chi connectivity index (χ2n) is 5.45. The smallest absolute Gasteiger partial charge is 0.240 e. The van der Waals surface area contributed by atoms with Gasteiger partial charge in [-0.1, -0.05) is 30.3 Å². The summed E-state index contributed by atoms with van der Waals surface area (Å²) in [7, 11) is -3.57. The van der Waals surface area contributed by atoms with Crippen molar-refractivity contribution in [2.24, 2.45) is 0 Å². The van der Waals surface area contributed by atoms with E-state index in [-0.39, 0.29) is 11.4 Å². The van der Waals surface area contributed by atoms with E-state index in [1.165, 1.54) is 12.1 Å². The maximum absolute atomic E-state index is 12.2. The molecule has 3 rings (SSSR count). The van der Waals surface area contributed by atoms with Crippen molar-refractivity contribution in [3.8, 4) is 11.5 Å². The average Bonchev–Trinajstić information content (AvgIpc) is 2.62. The van der Waals surface area contributed by atoms with Crippen LogP contribution >= 0.6 is 0 Å². The highest BCUT2D eigenvalue weighted by atomic mass is 32.2. The van der Waals surface area contributed by atoms with Crippen molar-refractivity contribution < 1.29 is 13.2 Å². The molecule has 3 aromatic rings. The molecule has 0 amide bonds. The molecule has 0 aliphatic carbocycles. The van der Waals surface area contributed by atoms with Crippen molar-refractivity contribution in [2.75, 3.05) is 5.73 Å². The van der Waals surface area contributed by atoms with E-state index in [0.29, 0.717) is 11.4 Å². The zero-order valence-corrected chi connectivity index (χ0v) is 14.2. The number of nitrogens with one attached hydrogen (secondary N) is 1. The molecule has 5 nitrogen and oxygen atoms in total. The molecular formula is C19H18N2O3S. The van der Waals surface area contributed by atoms with Gasteiger partial charge in [-0.15, -0.1) is 0 Å². The Morgan fingerprint density at radius 3 is 2.04 bits per heavy atom. The van der Waals surface area contributed by atoms with Gasteiger partial charge in [-0.05, 0) is 54.1 Å². The molecule has 0 radical (unpaired) electrons. The first-order valence-corrected chi connectivity index (χ1v) is 9.18. The molecule has 3 N–H and O–H groups in total. The Morgan fingerprint density at radius 2 is 1.40 bits per heavy atom. The summed E-state index contributed by atoms with van der Waals surface area (Å²) in [5.41, 5.74) is 6.93. The van der Waals surface area contributed by atoms with Gasteiger partial charge in [0.15, 0.2) is 0 Å². The standard InChI is InChI=1S/C19H18N2O3S/c20-16-8-12-19(13-9-16)25(22,23)21-14-15-6-10-18(11-7-15)24-17-4-2-1-3-5-17/h1-13,21H,14,20H2. The zero-order valence-electron chi connectivity index (χ0n) is 13.4. The second kappa shape index (κ2) is 7.38. The molecule has 0 bridgehead atoms. The van der Waals surface area contributed by atoms with E-state index in [4.69, 9.17) is 10.5 Å². The molecule has 25 heavy (non-hydrogen) atoms. The van der Waals surface area contributed by atoms with E-state index in [0.717, 1.165) is 11.3 Å². The van der Waals surface area contributed by atoms with Crippen LogP contribution in [0.3, 0.4) is 0 Å². The van der Waals surface area contributed by atoms with Crippen LogP contribution in [0.15, 0.2) is 83.8 Å². The molecule has 0 atom stereocenters. The number of anilines is 1. The fraction of sp³-hybridized carbons (Fsp3) is 0.0526. The molecule has 6 heteroatoms. The van der Waals surface area contributed by atoms with Crippen LogP contribution in [-0.4, -0.2) is 8.42 Å². The van der Waals surface area contributed by atoms with Crippen molar-refractivity contribution in [3.63, 3.8) is 0 Å². The summed E-state index contributed by atoms with van der Waals surface area (Å²) in [4.78, 5) is 0.186. The number of benzene rings is 3. The molecule has 3 aromatic carbocycles. The maximum Gasteiger partial charge on any atom is 0.240 e. The minimum atomic E-state index is -3.57. The normalized spacial score (nSPS) is 11.2. The maximum atomic E-state index is 12.2. The lowest BCUT2D eigenvalue weighted by Crippen LogP contribution is -2.23. The fourth-order valence-corrected chi connectivity index (χ4v) is 3.23. The number of nitrogens with two attached hydrogens (primary N) is 1. The van der Waals surface area contributed by atoms with Crippen LogP contribution < -0.4 is 15.2 Å². The summed E-state index contributed by atoms with van der Waals surface area (Å²) in [6, 6.07) is 22.8. The van der Waals surface area contributed by atoms with Crippen molar-refractivity contribution in [1.29, 1.82) is 0 Å². The molecule has 0 aromatic heterocycles. The number of nitrogen functional groups attached to an aromatic ring is 1. The molecule has 0 heterocycles. The summed E-state index contributed by atoms with van der Waals surface area (Å²) in [5, 5.41) is 0. The third kappa shape index (κ3) is 4.59. The highest BCUT2D eigenvalue weighted by Crippen LogP contribution is 2.21. The van der Waals surface area contributed by atoms with Gasteiger partial charge in [0, 0.05) is 12.2 Å². The summed E-state index contributed by atoms with van der Waals surface area (Å²) in [6.07, 6.45) is 0. The lowest BCUT2D eigenvalue weighted by molar-refractivity contribution is 0.482. The van der Waals surface area contributed by atoms with Crippen LogP contribution in [0.25, 0.3) is 0 Å². The van der Waals surface area contributed by atoms with E-state index >= 15 is 0 Å². The van der Waals surface area contributed by atoms with Gasteiger partial charge >= 0.3 is 0 Å². The summed E-state index contributed by atoms with van der Waals surface area (Å²) < 4.78 is 32.8. The summed E-state index contributed by atoms with van der Waals surface area (Å²) >= 11 is 0. The van der Waals surface area contributed by atoms with Gasteiger partial charge in [-0.3, -0.25) is 0 Å². The van der Waals surface area contributed by atoms with Gasteiger partial charge in [-0.25, -0.2) is 13.1 Å². The molecule has 128 valence electrons. The van der Waals surface area contributed by atoms with Gasteiger partial charge in [-0.2, -0.15) is 0 Å². The van der Waals surface area contributed by atoms with Crippen molar-refractivity contribution >= 4 is 15.7 Å². The number of para-hydroxylation sites is 1. The number of sulfonamides is 1. The van der Waals surface area contributed by atoms with E-state index in [9.17, 15) is 8.42 Å². The van der Waals surface area contributed by atoms with Crippen LogP contribution in [0.5, 0.6) is 11.5 Å². The van der Waals surface area contributed by atoms with Crippen molar-refractivity contribution in [3.05, 3.63) is 84.4 Å². The van der Waals surface area contributed by atoms with Gasteiger partial charge in [0.1, 0.15) is 11.5 Å². The molecule has 0 saturated carbocycles. The lowest BCUT2D eigenvalue weighted by atomic mass is 10.2. The average molecular weight is 354 g/mol. The third-order valence-electron chi connectivity index (χ3n) is 3.56. The van der Waals surface area contributed by atoms with Crippen LogP contribution in [0.2, 0.25) is 0 Å². The number of ether oxygens (including phenoxy) is 1. The Balaban J connectivity index is 1.62. The van der Waals surface area contributed by atoms with Gasteiger partial charge < -0.3 is 10.5 Å². The number of hydrogen-bond donors (Lipinski definition) is 2. The molecule has 0 unspecified atom stereocenters. The summed E-state index contributed by atoms with van der Waals surface area (Å²) in [5.74, 6) is 1.44. The predicted octanol–water partition coefficient (Wildman–Crippen LogP) is 3.54. The van der Waals surface area contributed by atoms with Crippen LogP contribution in [0.1, 0.15) is 5.56 Å². The Bertz CT molecular complexity index is 923. The largest absolute Gasteiger partial charge is 0.457 e. The molecule has 0 aliphatic rings. The second-order valence-corrected chi connectivity index (χ2v) is 7.22. The minimum absolute atomic E-state index is 0.186. The number of hydrogen-bond acceptors (Lipinski definition) is 4. The van der Waals surface area contributed by atoms with Gasteiger partial charge in [0.25, 0.3) is 0 Å². The van der Waals surface area contributed by atoms with E-state index < -0.39 is 10.0 Å². The van der Waals surface area contributed by atoms with Crippen LogP contribution in [0.4, 0.5) is 5.69 Å². The van der Waals surface area contributed by atoms with Crippen molar-refractivity contribution in [2.45, 2.75) is 11.4 Å². The Kier molecular flexibility index (Phi) is 5.02. The van der Waals surface area contributed by atoms with Crippen LogP contribution in [-0.2, 0) is 16.6 Å². The van der Waals surface area contributed by atoms with E-state index in [1.807, 2.05) is 42.5 Å². The zero-order chi connectivity index (χ0) is 17.7. The molecule has 0 aliphatic heterocycles. The van der Waals surface area contributed by atoms with Gasteiger partial charge in [0.05, 0.1) is 4.90 Å². The van der Waals surface area contributed by atoms with Crippen LogP contribution in [0, 0.1) is 0 Å².